The zero-order valence-corrected chi connectivity index (χ0v) is 14.8. The molecule has 0 unspecified atom stereocenters. The van der Waals surface area contributed by atoms with Gasteiger partial charge in [0, 0.05) is 24.6 Å². The molecule has 0 aliphatic heterocycles. The molecule has 4 nitrogen and oxygen atoms in total. The summed E-state index contributed by atoms with van der Waals surface area (Å²) in [6, 6.07) is 18.0. The Kier molecular flexibility index (Phi) is 4.57. The minimum atomic E-state index is 0.00896. The van der Waals surface area contributed by atoms with E-state index in [0.29, 0.717) is 13.1 Å². The standard InChI is InChI=1S/C22H22N2O2/c1-16-6-4-7-17(12-16)14-24(15-18-8-2-3-10-23-18)22(25)20-13-19(20)21-9-5-11-26-21/h2-12,19-20H,13-15H2,1H3/t19-,20-/m0/s1. The molecule has 132 valence electrons. The first kappa shape index (κ1) is 16.6. The Morgan fingerprint density at radius 3 is 2.81 bits per heavy atom. The summed E-state index contributed by atoms with van der Waals surface area (Å²) in [7, 11) is 0. The number of pyridine rings is 1. The molecular formula is C22H22N2O2. The Morgan fingerprint density at radius 2 is 2.08 bits per heavy atom. The van der Waals surface area contributed by atoms with E-state index in [4.69, 9.17) is 4.42 Å². The van der Waals surface area contributed by atoms with Gasteiger partial charge in [0.2, 0.25) is 5.91 Å². The van der Waals surface area contributed by atoms with E-state index in [1.54, 1.807) is 12.5 Å². The van der Waals surface area contributed by atoms with Gasteiger partial charge >= 0.3 is 0 Å². The molecule has 1 saturated carbocycles. The maximum Gasteiger partial charge on any atom is 0.227 e. The van der Waals surface area contributed by atoms with Crippen LogP contribution in [0.15, 0.2) is 71.5 Å². The number of aromatic nitrogens is 1. The molecular weight excluding hydrogens is 324 g/mol. The van der Waals surface area contributed by atoms with Crippen molar-refractivity contribution >= 4 is 5.91 Å². The van der Waals surface area contributed by atoms with Gasteiger partial charge < -0.3 is 9.32 Å². The highest BCUT2D eigenvalue weighted by atomic mass is 16.3. The van der Waals surface area contributed by atoms with Crippen molar-refractivity contribution in [3.8, 4) is 0 Å². The van der Waals surface area contributed by atoms with Crippen LogP contribution in [0, 0.1) is 12.8 Å². The number of furan rings is 1. The number of rotatable bonds is 6. The fourth-order valence-corrected chi connectivity index (χ4v) is 3.45. The molecule has 4 rings (SSSR count). The first-order chi connectivity index (χ1) is 12.7. The monoisotopic (exact) mass is 346 g/mol. The van der Waals surface area contributed by atoms with E-state index in [0.717, 1.165) is 23.4 Å². The summed E-state index contributed by atoms with van der Waals surface area (Å²) in [5.74, 6) is 1.31. The highest BCUT2D eigenvalue weighted by Crippen LogP contribution is 2.48. The van der Waals surface area contributed by atoms with Crippen molar-refractivity contribution in [3.63, 3.8) is 0 Å². The smallest absolute Gasteiger partial charge is 0.227 e. The highest BCUT2D eigenvalue weighted by molar-refractivity contribution is 5.82. The van der Waals surface area contributed by atoms with Gasteiger partial charge in [0.25, 0.3) is 0 Å². The molecule has 2 atom stereocenters. The lowest BCUT2D eigenvalue weighted by Gasteiger charge is -2.23. The van der Waals surface area contributed by atoms with Crippen LogP contribution in [0.1, 0.15) is 34.9 Å². The second-order valence-electron chi connectivity index (χ2n) is 6.97. The van der Waals surface area contributed by atoms with Crippen molar-refractivity contribution in [2.24, 2.45) is 5.92 Å². The first-order valence-electron chi connectivity index (χ1n) is 8.98. The maximum absolute atomic E-state index is 13.2. The topological polar surface area (TPSA) is 46.3 Å². The summed E-state index contributed by atoms with van der Waals surface area (Å²) in [4.78, 5) is 19.5. The maximum atomic E-state index is 13.2. The fourth-order valence-electron chi connectivity index (χ4n) is 3.45. The first-order valence-corrected chi connectivity index (χ1v) is 8.98. The molecule has 1 aromatic carbocycles. The summed E-state index contributed by atoms with van der Waals surface area (Å²) in [5, 5.41) is 0. The summed E-state index contributed by atoms with van der Waals surface area (Å²) in [6.07, 6.45) is 4.31. The zero-order chi connectivity index (χ0) is 17.9. The lowest BCUT2D eigenvalue weighted by atomic mass is 10.1. The Balaban J connectivity index is 1.53. The van der Waals surface area contributed by atoms with E-state index in [-0.39, 0.29) is 17.7 Å². The lowest BCUT2D eigenvalue weighted by Crippen LogP contribution is -2.32. The molecule has 0 spiro atoms. The number of aryl methyl sites for hydroxylation is 1. The summed E-state index contributed by atoms with van der Waals surface area (Å²) >= 11 is 0. The third-order valence-corrected chi connectivity index (χ3v) is 4.86. The number of carbonyl (C=O) groups is 1. The largest absolute Gasteiger partial charge is 0.469 e. The molecule has 26 heavy (non-hydrogen) atoms. The minimum Gasteiger partial charge on any atom is -0.469 e. The number of nitrogens with zero attached hydrogens (tertiary/aromatic N) is 2. The van der Waals surface area contributed by atoms with E-state index in [9.17, 15) is 4.79 Å². The predicted molar refractivity (Wildman–Crippen MR) is 99.2 cm³/mol. The van der Waals surface area contributed by atoms with Gasteiger partial charge in [0.15, 0.2) is 0 Å². The van der Waals surface area contributed by atoms with Gasteiger partial charge in [-0.1, -0.05) is 35.9 Å². The SMILES string of the molecule is Cc1cccc(CN(Cc2ccccn2)C(=O)[C@H]2C[C@@H]2c2ccco2)c1. The second kappa shape index (κ2) is 7.16. The lowest BCUT2D eigenvalue weighted by molar-refractivity contribution is -0.134. The summed E-state index contributed by atoms with van der Waals surface area (Å²) in [5.41, 5.74) is 3.25. The van der Waals surface area contributed by atoms with Crippen LogP contribution in [-0.2, 0) is 17.9 Å². The number of amides is 1. The van der Waals surface area contributed by atoms with Crippen LogP contribution in [0.3, 0.4) is 0 Å². The van der Waals surface area contributed by atoms with E-state index in [1.165, 1.54) is 5.56 Å². The number of hydrogen-bond acceptors (Lipinski definition) is 3. The number of benzene rings is 1. The molecule has 4 heteroatoms. The highest BCUT2D eigenvalue weighted by Gasteiger charge is 2.47. The number of carbonyl (C=O) groups excluding carboxylic acids is 1. The van der Waals surface area contributed by atoms with Crippen molar-refractivity contribution in [1.82, 2.24) is 9.88 Å². The van der Waals surface area contributed by atoms with Crippen LogP contribution in [0.4, 0.5) is 0 Å². The normalized spacial score (nSPS) is 18.5. The molecule has 1 fully saturated rings. The Morgan fingerprint density at radius 1 is 1.15 bits per heavy atom. The van der Waals surface area contributed by atoms with Crippen LogP contribution >= 0.6 is 0 Å². The second-order valence-corrected chi connectivity index (χ2v) is 6.97. The van der Waals surface area contributed by atoms with E-state index < -0.39 is 0 Å². The van der Waals surface area contributed by atoms with Gasteiger partial charge in [-0.15, -0.1) is 0 Å². The van der Waals surface area contributed by atoms with E-state index in [2.05, 4.69) is 30.1 Å². The molecule has 0 N–H and O–H groups in total. The zero-order valence-electron chi connectivity index (χ0n) is 14.8. The van der Waals surface area contributed by atoms with E-state index >= 15 is 0 Å². The molecule has 2 heterocycles. The molecule has 2 aromatic heterocycles. The van der Waals surface area contributed by atoms with Crippen molar-refractivity contribution in [3.05, 3.63) is 89.6 Å². The summed E-state index contributed by atoms with van der Waals surface area (Å²) < 4.78 is 5.49. The van der Waals surface area contributed by atoms with Crippen molar-refractivity contribution in [2.75, 3.05) is 0 Å². The van der Waals surface area contributed by atoms with Gasteiger partial charge in [-0.3, -0.25) is 9.78 Å². The molecule has 0 radical (unpaired) electrons. The molecule has 1 aliphatic rings. The van der Waals surface area contributed by atoms with Crippen LogP contribution in [0.2, 0.25) is 0 Å². The van der Waals surface area contributed by atoms with Gasteiger partial charge in [-0.05, 0) is 43.2 Å². The molecule has 1 aliphatic carbocycles. The van der Waals surface area contributed by atoms with Crippen LogP contribution in [0.5, 0.6) is 0 Å². The number of hydrogen-bond donors (Lipinski definition) is 0. The molecule has 1 amide bonds. The third kappa shape index (κ3) is 3.69. The van der Waals surface area contributed by atoms with Gasteiger partial charge in [-0.25, -0.2) is 0 Å². The Bertz CT molecular complexity index is 874. The fraction of sp³-hybridized carbons (Fsp3) is 0.273. The average Bonchev–Trinajstić information content (AvgIpc) is 3.26. The van der Waals surface area contributed by atoms with E-state index in [1.807, 2.05) is 41.3 Å². The molecule has 0 bridgehead atoms. The van der Waals surface area contributed by atoms with Crippen molar-refractivity contribution in [1.29, 1.82) is 0 Å². The minimum absolute atomic E-state index is 0.00896. The van der Waals surface area contributed by atoms with Crippen LogP contribution in [0.25, 0.3) is 0 Å². The van der Waals surface area contributed by atoms with Crippen molar-refractivity contribution < 1.29 is 9.21 Å². The van der Waals surface area contributed by atoms with Crippen molar-refractivity contribution in [2.45, 2.75) is 32.4 Å². The average molecular weight is 346 g/mol. The van der Waals surface area contributed by atoms with Crippen LogP contribution < -0.4 is 0 Å². The van der Waals surface area contributed by atoms with Gasteiger partial charge in [0.05, 0.1) is 18.5 Å². The quantitative estimate of drug-likeness (QED) is 0.668. The molecule has 0 saturated heterocycles. The predicted octanol–water partition coefficient (Wildman–Crippen LogP) is 4.32. The van der Waals surface area contributed by atoms with Crippen LogP contribution in [-0.4, -0.2) is 15.8 Å². The van der Waals surface area contributed by atoms with Gasteiger partial charge in [0.1, 0.15) is 5.76 Å². The van der Waals surface area contributed by atoms with Gasteiger partial charge in [-0.2, -0.15) is 0 Å². The Labute approximate surface area is 153 Å². The molecule has 3 aromatic rings. The Hall–Kier alpha value is -2.88. The summed E-state index contributed by atoms with van der Waals surface area (Å²) in [6.45, 7) is 3.19. The third-order valence-electron chi connectivity index (χ3n) is 4.86.